The van der Waals surface area contributed by atoms with Gasteiger partial charge in [-0.05, 0) is 49.6 Å². The van der Waals surface area contributed by atoms with Gasteiger partial charge in [-0.2, -0.15) is 0 Å². The third kappa shape index (κ3) is 3.97. The molecule has 1 amide bonds. The summed E-state index contributed by atoms with van der Waals surface area (Å²) in [5, 5.41) is 2.53. The molecule has 0 spiro atoms. The highest BCUT2D eigenvalue weighted by Crippen LogP contribution is 2.26. The molecule has 1 aromatic heterocycles. The van der Waals surface area contributed by atoms with Crippen molar-refractivity contribution >= 4 is 11.6 Å². The lowest BCUT2D eigenvalue weighted by atomic mass is 10.0. The van der Waals surface area contributed by atoms with Crippen LogP contribution in [0, 0.1) is 27.3 Å². The van der Waals surface area contributed by atoms with Gasteiger partial charge in [0.05, 0.1) is 18.7 Å². The molecular formula is C24H23N3O2. The molecule has 5 nitrogen and oxygen atoms in total. The molecule has 3 aromatic rings. The van der Waals surface area contributed by atoms with E-state index in [1.54, 1.807) is 10.6 Å². The Morgan fingerprint density at radius 1 is 1.07 bits per heavy atom. The van der Waals surface area contributed by atoms with Crippen LogP contribution < -0.4 is 10.9 Å². The van der Waals surface area contributed by atoms with Crippen molar-refractivity contribution in [2.75, 3.05) is 7.05 Å². The molecule has 0 radical (unpaired) electrons. The Labute approximate surface area is 170 Å². The number of carbonyl (C=O) groups is 1. The van der Waals surface area contributed by atoms with E-state index in [0.29, 0.717) is 12.2 Å². The van der Waals surface area contributed by atoms with Gasteiger partial charge < -0.3 is 9.88 Å². The maximum absolute atomic E-state index is 13.3. The highest BCUT2D eigenvalue weighted by atomic mass is 16.2. The van der Waals surface area contributed by atoms with E-state index in [1.807, 2.05) is 57.2 Å². The van der Waals surface area contributed by atoms with E-state index in [-0.39, 0.29) is 11.3 Å². The Morgan fingerprint density at radius 3 is 2.41 bits per heavy atom. The number of pyridine rings is 1. The van der Waals surface area contributed by atoms with E-state index in [4.69, 9.17) is 6.57 Å². The monoisotopic (exact) mass is 385 g/mol. The van der Waals surface area contributed by atoms with Crippen molar-refractivity contribution in [2.24, 2.45) is 0 Å². The number of nitrogens with one attached hydrogen (secondary N) is 1. The van der Waals surface area contributed by atoms with Crippen LogP contribution in [-0.4, -0.2) is 17.5 Å². The van der Waals surface area contributed by atoms with E-state index in [9.17, 15) is 9.59 Å². The SMILES string of the molecule is [C-]#[N+]c1c(C(=O)NC)cc(-c2cccc(C)c2)n(Cc2ccc(C)cc2C)c1=O. The zero-order valence-corrected chi connectivity index (χ0v) is 17.0. The third-order valence-corrected chi connectivity index (χ3v) is 5.00. The number of rotatable bonds is 4. The van der Waals surface area contributed by atoms with Crippen LogP contribution in [0.3, 0.4) is 0 Å². The van der Waals surface area contributed by atoms with E-state index < -0.39 is 11.5 Å². The van der Waals surface area contributed by atoms with Gasteiger partial charge in [0.15, 0.2) is 0 Å². The summed E-state index contributed by atoms with van der Waals surface area (Å²) in [5.74, 6) is -0.444. The number of nitrogens with zero attached hydrogens (tertiary/aromatic N) is 2. The molecule has 0 bridgehead atoms. The Kier molecular flexibility index (Phi) is 5.65. The first-order valence-corrected chi connectivity index (χ1v) is 9.36. The van der Waals surface area contributed by atoms with Crippen LogP contribution >= 0.6 is 0 Å². The predicted molar refractivity (Wildman–Crippen MR) is 116 cm³/mol. The van der Waals surface area contributed by atoms with Gasteiger partial charge in [-0.15, -0.1) is 0 Å². The maximum Gasteiger partial charge on any atom is 0.263 e. The fourth-order valence-corrected chi connectivity index (χ4v) is 3.45. The summed E-state index contributed by atoms with van der Waals surface area (Å²) in [4.78, 5) is 29.0. The zero-order valence-electron chi connectivity index (χ0n) is 17.0. The second-order valence-corrected chi connectivity index (χ2v) is 7.17. The summed E-state index contributed by atoms with van der Waals surface area (Å²) in [6.07, 6.45) is 0. The molecule has 0 aliphatic heterocycles. The molecule has 146 valence electrons. The number of hydrogen-bond acceptors (Lipinski definition) is 2. The topological polar surface area (TPSA) is 55.5 Å². The van der Waals surface area contributed by atoms with Crippen LogP contribution in [0.5, 0.6) is 0 Å². The number of benzene rings is 2. The van der Waals surface area contributed by atoms with Crippen LogP contribution in [0.1, 0.15) is 32.6 Å². The molecule has 0 aliphatic carbocycles. The molecule has 2 aromatic carbocycles. The van der Waals surface area contributed by atoms with Crippen molar-refractivity contribution in [1.82, 2.24) is 9.88 Å². The van der Waals surface area contributed by atoms with Gasteiger partial charge in [-0.25, -0.2) is 4.85 Å². The van der Waals surface area contributed by atoms with Crippen molar-refractivity contribution in [3.63, 3.8) is 0 Å². The Morgan fingerprint density at radius 2 is 1.79 bits per heavy atom. The Hall–Kier alpha value is -3.65. The first-order valence-electron chi connectivity index (χ1n) is 9.36. The maximum atomic E-state index is 13.3. The molecule has 0 unspecified atom stereocenters. The van der Waals surface area contributed by atoms with Gasteiger partial charge >= 0.3 is 0 Å². The molecule has 0 aliphatic rings. The van der Waals surface area contributed by atoms with Crippen molar-refractivity contribution in [3.8, 4) is 11.3 Å². The highest BCUT2D eigenvalue weighted by Gasteiger charge is 2.20. The van der Waals surface area contributed by atoms with Crippen molar-refractivity contribution in [1.29, 1.82) is 0 Å². The van der Waals surface area contributed by atoms with Crippen LogP contribution in [-0.2, 0) is 6.54 Å². The lowest BCUT2D eigenvalue weighted by Crippen LogP contribution is -2.27. The first kappa shape index (κ1) is 20.1. The number of amides is 1. The number of hydrogen-bond donors (Lipinski definition) is 1. The van der Waals surface area contributed by atoms with Gasteiger partial charge in [0, 0.05) is 12.7 Å². The minimum absolute atomic E-state index is 0.0980. The summed E-state index contributed by atoms with van der Waals surface area (Å²) in [5.41, 5.74) is 5.18. The molecule has 1 N–H and O–H groups in total. The highest BCUT2D eigenvalue weighted by molar-refractivity contribution is 6.00. The fraction of sp³-hybridized carbons (Fsp3) is 0.208. The molecule has 1 heterocycles. The lowest BCUT2D eigenvalue weighted by Gasteiger charge is -2.18. The van der Waals surface area contributed by atoms with E-state index in [1.165, 1.54) is 7.05 Å². The number of carbonyl (C=O) groups excluding carboxylic acids is 1. The average Bonchev–Trinajstić information content (AvgIpc) is 2.70. The Bertz CT molecular complexity index is 1200. The summed E-state index contributed by atoms with van der Waals surface area (Å²) < 4.78 is 1.59. The largest absolute Gasteiger partial charge is 0.356 e. The van der Waals surface area contributed by atoms with E-state index in [0.717, 1.165) is 27.8 Å². The number of aryl methyl sites for hydroxylation is 3. The van der Waals surface area contributed by atoms with Crippen LogP contribution in [0.15, 0.2) is 53.3 Å². The average molecular weight is 385 g/mol. The van der Waals surface area contributed by atoms with Crippen molar-refractivity contribution < 1.29 is 4.79 Å². The minimum Gasteiger partial charge on any atom is -0.356 e. The molecule has 3 rings (SSSR count). The van der Waals surface area contributed by atoms with Gasteiger partial charge in [0.1, 0.15) is 0 Å². The van der Waals surface area contributed by atoms with Gasteiger partial charge in [0.25, 0.3) is 11.2 Å². The first-order chi connectivity index (χ1) is 13.8. The van der Waals surface area contributed by atoms with Crippen LogP contribution in [0.4, 0.5) is 5.69 Å². The van der Waals surface area contributed by atoms with Gasteiger partial charge in [0.2, 0.25) is 5.91 Å². The third-order valence-electron chi connectivity index (χ3n) is 5.00. The van der Waals surface area contributed by atoms with Crippen LogP contribution in [0.2, 0.25) is 0 Å². The second kappa shape index (κ2) is 8.15. The standard InChI is InChI=1S/C24H23N3O2/c1-15-7-6-8-18(12-15)21-13-20(23(28)26-5)22(25-4)24(29)27(21)14-19-10-9-16(2)11-17(19)3/h6-13H,14H2,1-3,5H3,(H,26,28). The summed E-state index contributed by atoms with van der Waals surface area (Å²) in [6, 6.07) is 15.5. The minimum atomic E-state index is -0.461. The lowest BCUT2D eigenvalue weighted by molar-refractivity contribution is 0.0964. The zero-order chi connectivity index (χ0) is 21.1. The molecule has 29 heavy (non-hydrogen) atoms. The molecule has 0 saturated heterocycles. The molecule has 0 saturated carbocycles. The van der Waals surface area contributed by atoms with E-state index in [2.05, 4.69) is 16.2 Å². The summed E-state index contributed by atoms with van der Waals surface area (Å²) >= 11 is 0. The Balaban J connectivity index is 2.31. The molecular weight excluding hydrogens is 362 g/mol. The quantitative estimate of drug-likeness (QED) is 0.677. The second-order valence-electron chi connectivity index (χ2n) is 7.17. The van der Waals surface area contributed by atoms with Gasteiger partial charge in [-0.1, -0.05) is 47.5 Å². The van der Waals surface area contributed by atoms with Crippen molar-refractivity contribution in [3.05, 3.63) is 98.1 Å². The molecule has 0 fully saturated rings. The molecule has 0 atom stereocenters. The van der Waals surface area contributed by atoms with Crippen LogP contribution in [0.25, 0.3) is 16.1 Å². The van der Waals surface area contributed by atoms with Gasteiger partial charge in [-0.3, -0.25) is 9.59 Å². The smallest absolute Gasteiger partial charge is 0.263 e. The van der Waals surface area contributed by atoms with E-state index >= 15 is 0 Å². The normalized spacial score (nSPS) is 10.4. The predicted octanol–water partition coefficient (Wildman–Crippen LogP) is 4.40. The van der Waals surface area contributed by atoms with Crippen molar-refractivity contribution in [2.45, 2.75) is 27.3 Å². The fourth-order valence-electron chi connectivity index (χ4n) is 3.45. The molecule has 5 heteroatoms. The summed E-state index contributed by atoms with van der Waals surface area (Å²) in [6.45, 7) is 13.8. The number of aromatic nitrogens is 1. The summed E-state index contributed by atoms with van der Waals surface area (Å²) in [7, 11) is 1.49.